The minimum Gasteiger partial charge on any atom is -0.389 e. The Morgan fingerprint density at radius 2 is 2.11 bits per heavy atom. The normalized spacial score (nSPS) is 10.7. The van der Waals surface area contributed by atoms with Crippen LogP contribution in [0.2, 0.25) is 5.02 Å². The molecule has 1 aromatic rings. The Labute approximate surface area is 126 Å². The molecule has 1 rings (SSSR count). The van der Waals surface area contributed by atoms with Crippen LogP contribution < -0.4 is 11.1 Å². The molecule has 0 aromatic heterocycles. The summed E-state index contributed by atoms with van der Waals surface area (Å²) in [5.74, 6) is 0. The van der Waals surface area contributed by atoms with Crippen LogP contribution in [0.4, 0.5) is 5.69 Å². The minimum atomic E-state index is 0.367. The fourth-order valence-corrected chi connectivity index (χ4v) is 2.31. The van der Waals surface area contributed by atoms with Crippen LogP contribution in [-0.4, -0.2) is 36.1 Å². The molecule has 106 valence electrons. The van der Waals surface area contributed by atoms with Crippen LogP contribution in [0.1, 0.15) is 25.8 Å². The molecule has 3 N–H and O–H groups in total. The number of rotatable bonds is 8. The van der Waals surface area contributed by atoms with E-state index in [9.17, 15) is 0 Å². The van der Waals surface area contributed by atoms with Gasteiger partial charge in [0.15, 0.2) is 0 Å². The Balaban J connectivity index is 2.60. The van der Waals surface area contributed by atoms with Crippen LogP contribution in [-0.2, 0) is 0 Å². The van der Waals surface area contributed by atoms with Gasteiger partial charge < -0.3 is 16.0 Å². The molecule has 0 bridgehead atoms. The molecule has 0 spiro atoms. The van der Waals surface area contributed by atoms with Crippen molar-refractivity contribution in [1.29, 1.82) is 0 Å². The zero-order chi connectivity index (χ0) is 14.3. The van der Waals surface area contributed by atoms with Crippen molar-refractivity contribution in [2.24, 2.45) is 5.73 Å². The van der Waals surface area contributed by atoms with Crippen molar-refractivity contribution in [2.75, 3.05) is 31.5 Å². The molecule has 0 saturated heterocycles. The largest absolute Gasteiger partial charge is 0.389 e. The minimum absolute atomic E-state index is 0.367. The van der Waals surface area contributed by atoms with E-state index < -0.39 is 0 Å². The molecule has 0 atom stereocenters. The summed E-state index contributed by atoms with van der Waals surface area (Å²) in [5.41, 5.74) is 7.47. The molecule has 0 fully saturated rings. The van der Waals surface area contributed by atoms with E-state index >= 15 is 0 Å². The van der Waals surface area contributed by atoms with E-state index in [0.717, 1.165) is 37.4 Å². The summed E-state index contributed by atoms with van der Waals surface area (Å²) in [5, 5.41) is 4.02. The topological polar surface area (TPSA) is 41.3 Å². The SMILES string of the molecule is CCCN(CC)CCNc1ccc(Cl)cc1C(N)=S. The van der Waals surface area contributed by atoms with Crippen LogP contribution >= 0.6 is 23.8 Å². The first-order chi connectivity index (χ1) is 9.08. The zero-order valence-electron chi connectivity index (χ0n) is 11.6. The summed E-state index contributed by atoms with van der Waals surface area (Å²) in [6.07, 6.45) is 1.17. The summed E-state index contributed by atoms with van der Waals surface area (Å²) < 4.78 is 0. The number of anilines is 1. The molecule has 1 aromatic carbocycles. The lowest BCUT2D eigenvalue weighted by Crippen LogP contribution is -2.30. The smallest absolute Gasteiger partial charge is 0.106 e. The Kier molecular flexibility index (Phi) is 7.13. The standard InChI is InChI=1S/C14H22ClN3S/c1-3-8-18(4-2)9-7-17-13-6-5-11(15)10-12(13)14(16)19/h5-6,10,17H,3-4,7-9H2,1-2H3,(H2,16,19). The molecule has 0 aliphatic carbocycles. The van der Waals surface area contributed by atoms with Gasteiger partial charge in [0.05, 0.1) is 0 Å². The summed E-state index contributed by atoms with van der Waals surface area (Å²) in [4.78, 5) is 2.77. The van der Waals surface area contributed by atoms with Crippen molar-refractivity contribution >= 4 is 34.5 Å². The van der Waals surface area contributed by atoms with Gasteiger partial charge in [-0.2, -0.15) is 0 Å². The number of nitrogens with two attached hydrogens (primary N) is 1. The highest BCUT2D eigenvalue weighted by Gasteiger charge is 2.06. The molecule has 19 heavy (non-hydrogen) atoms. The number of hydrogen-bond acceptors (Lipinski definition) is 3. The van der Waals surface area contributed by atoms with Crippen molar-refractivity contribution in [2.45, 2.75) is 20.3 Å². The highest BCUT2D eigenvalue weighted by atomic mass is 35.5. The molecule has 0 aliphatic heterocycles. The Bertz CT molecular complexity index is 423. The molecular formula is C14H22ClN3S. The van der Waals surface area contributed by atoms with Gasteiger partial charge in [0.25, 0.3) is 0 Å². The van der Waals surface area contributed by atoms with Crippen molar-refractivity contribution in [3.63, 3.8) is 0 Å². The quantitative estimate of drug-likeness (QED) is 0.724. The number of halogens is 1. The van der Waals surface area contributed by atoms with Crippen LogP contribution in [0.25, 0.3) is 0 Å². The lowest BCUT2D eigenvalue weighted by molar-refractivity contribution is 0.300. The van der Waals surface area contributed by atoms with Gasteiger partial charge in [-0.3, -0.25) is 0 Å². The first-order valence-corrected chi connectivity index (χ1v) is 7.42. The third kappa shape index (κ3) is 5.35. The Morgan fingerprint density at radius 3 is 2.68 bits per heavy atom. The predicted octanol–water partition coefficient (Wildman–Crippen LogP) is 3.12. The second kappa shape index (κ2) is 8.35. The van der Waals surface area contributed by atoms with E-state index in [1.54, 1.807) is 6.07 Å². The number of hydrogen-bond donors (Lipinski definition) is 2. The fourth-order valence-electron chi connectivity index (χ4n) is 1.97. The maximum absolute atomic E-state index is 5.96. The van der Waals surface area contributed by atoms with Gasteiger partial charge >= 0.3 is 0 Å². The van der Waals surface area contributed by atoms with Crippen molar-refractivity contribution in [3.05, 3.63) is 28.8 Å². The average Bonchev–Trinajstić information content (AvgIpc) is 2.39. The first-order valence-electron chi connectivity index (χ1n) is 6.64. The number of likely N-dealkylation sites (N-methyl/N-ethyl adjacent to an activating group) is 1. The maximum atomic E-state index is 5.96. The van der Waals surface area contributed by atoms with E-state index in [0.29, 0.717) is 10.0 Å². The van der Waals surface area contributed by atoms with Gasteiger partial charge in [-0.05, 0) is 37.7 Å². The van der Waals surface area contributed by atoms with Crippen molar-refractivity contribution in [3.8, 4) is 0 Å². The van der Waals surface area contributed by atoms with E-state index in [1.807, 2.05) is 12.1 Å². The van der Waals surface area contributed by atoms with Crippen LogP contribution in [0, 0.1) is 0 Å². The Morgan fingerprint density at radius 1 is 1.37 bits per heavy atom. The summed E-state index contributed by atoms with van der Waals surface area (Å²) >= 11 is 11.0. The molecule has 0 aliphatic rings. The van der Waals surface area contributed by atoms with Crippen LogP contribution in [0.3, 0.4) is 0 Å². The van der Waals surface area contributed by atoms with Crippen molar-refractivity contribution < 1.29 is 0 Å². The number of thiocarbonyl (C=S) groups is 1. The summed E-state index contributed by atoms with van der Waals surface area (Å²) in [6, 6.07) is 5.57. The van der Waals surface area contributed by atoms with Crippen molar-refractivity contribution in [1.82, 2.24) is 4.90 Å². The molecule has 0 radical (unpaired) electrons. The lowest BCUT2D eigenvalue weighted by Gasteiger charge is -2.20. The summed E-state index contributed by atoms with van der Waals surface area (Å²) in [7, 11) is 0. The van der Waals surface area contributed by atoms with Gasteiger partial charge in [0.2, 0.25) is 0 Å². The molecule has 0 amide bonds. The van der Waals surface area contributed by atoms with E-state index in [2.05, 4.69) is 24.1 Å². The number of nitrogens with zero attached hydrogens (tertiary/aromatic N) is 1. The van der Waals surface area contributed by atoms with E-state index in [1.165, 1.54) is 6.42 Å². The van der Waals surface area contributed by atoms with Crippen LogP contribution in [0.15, 0.2) is 18.2 Å². The third-order valence-corrected chi connectivity index (χ3v) is 3.43. The molecule has 5 heteroatoms. The molecular weight excluding hydrogens is 278 g/mol. The van der Waals surface area contributed by atoms with Gasteiger partial charge in [-0.1, -0.05) is 37.7 Å². The van der Waals surface area contributed by atoms with Gasteiger partial charge in [-0.15, -0.1) is 0 Å². The monoisotopic (exact) mass is 299 g/mol. The maximum Gasteiger partial charge on any atom is 0.106 e. The molecule has 0 unspecified atom stereocenters. The predicted molar refractivity (Wildman–Crippen MR) is 88.2 cm³/mol. The highest BCUT2D eigenvalue weighted by Crippen LogP contribution is 2.20. The molecule has 3 nitrogen and oxygen atoms in total. The second-order valence-corrected chi connectivity index (χ2v) is 5.29. The number of nitrogens with one attached hydrogen (secondary N) is 1. The Hall–Kier alpha value is -0.840. The highest BCUT2D eigenvalue weighted by molar-refractivity contribution is 7.80. The zero-order valence-corrected chi connectivity index (χ0v) is 13.2. The summed E-state index contributed by atoms with van der Waals surface area (Å²) in [6.45, 7) is 8.44. The lowest BCUT2D eigenvalue weighted by atomic mass is 10.1. The second-order valence-electron chi connectivity index (χ2n) is 4.42. The molecule has 0 saturated carbocycles. The molecule has 0 heterocycles. The average molecular weight is 300 g/mol. The van der Waals surface area contributed by atoms with E-state index in [-0.39, 0.29) is 0 Å². The van der Waals surface area contributed by atoms with Crippen LogP contribution in [0.5, 0.6) is 0 Å². The van der Waals surface area contributed by atoms with E-state index in [4.69, 9.17) is 29.6 Å². The third-order valence-electron chi connectivity index (χ3n) is 2.98. The number of benzene rings is 1. The van der Waals surface area contributed by atoms with Gasteiger partial charge in [0.1, 0.15) is 4.99 Å². The van der Waals surface area contributed by atoms with Gasteiger partial charge in [0, 0.05) is 29.4 Å². The van der Waals surface area contributed by atoms with Gasteiger partial charge in [-0.25, -0.2) is 0 Å². The fraction of sp³-hybridized carbons (Fsp3) is 0.500. The first kappa shape index (κ1) is 16.2.